The van der Waals surface area contributed by atoms with Gasteiger partial charge in [0.05, 0.1) is 25.8 Å². The Morgan fingerprint density at radius 2 is 1.45 bits per heavy atom. The molecule has 0 saturated carbocycles. The summed E-state index contributed by atoms with van der Waals surface area (Å²) in [4.78, 5) is 126. The normalized spacial score (nSPS) is 16.3. The van der Waals surface area contributed by atoms with Gasteiger partial charge in [0.1, 0.15) is 41.9 Å². The van der Waals surface area contributed by atoms with Gasteiger partial charge in [0.25, 0.3) is 0 Å². The van der Waals surface area contributed by atoms with E-state index in [2.05, 4.69) is 54.1 Å². The van der Waals surface area contributed by atoms with Crippen molar-refractivity contribution in [2.45, 2.75) is 132 Å². The maximum absolute atomic E-state index is 14.2. The number of rotatable bonds is 36. The van der Waals surface area contributed by atoms with E-state index >= 15 is 0 Å². The highest BCUT2D eigenvalue weighted by molar-refractivity contribution is 5.99. The molecule has 0 aromatic heterocycles. The van der Waals surface area contributed by atoms with Crippen molar-refractivity contribution in [3.05, 3.63) is 36.4 Å². The number of aliphatic hydroxyl groups excluding tert-OH is 1. The Kier molecular flexibility index (Phi) is 31.7. The molecule has 1 unspecified atom stereocenters. The van der Waals surface area contributed by atoms with Gasteiger partial charge in [-0.05, 0) is 97.0 Å². The molecule has 1 fully saturated rings. The number of carbonyl (C=O) groups is 9. The molecule has 29 heteroatoms. The third-order valence-corrected chi connectivity index (χ3v) is 11.4. The van der Waals surface area contributed by atoms with E-state index in [4.69, 9.17) is 50.6 Å². The first-order valence-corrected chi connectivity index (χ1v) is 24.5. The van der Waals surface area contributed by atoms with Gasteiger partial charge in [0, 0.05) is 38.0 Å². The highest BCUT2D eigenvalue weighted by Crippen LogP contribution is 2.21. The van der Waals surface area contributed by atoms with Gasteiger partial charge in [-0.15, -0.1) is 0 Å². The number of methoxy groups -OCH3 is 1. The molecule has 1 heterocycles. The summed E-state index contributed by atoms with van der Waals surface area (Å²) < 4.78 is 4.82. The van der Waals surface area contributed by atoms with Crippen LogP contribution in [0.2, 0.25) is 0 Å². The lowest BCUT2D eigenvalue weighted by Crippen LogP contribution is -2.60. The zero-order valence-corrected chi connectivity index (χ0v) is 42.5. The van der Waals surface area contributed by atoms with Gasteiger partial charge in [0.15, 0.2) is 5.96 Å². The highest BCUT2D eigenvalue weighted by atomic mass is 16.5. The summed E-state index contributed by atoms with van der Waals surface area (Å²) in [7, 11) is 1.11. The van der Waals surface area contributed by atoms with Gasteiger partial charge >= 0.3 is 5.97 Å². The number of likely N-dealkylation sites (tertiary alicyclic amines) is 1. The van der Waals surface area contributed by atoms with Crippen LogP contribution in [0.3, 0.4) is 0 Å². The molecule has 0 radical (unpaired) electrons. The summed E-state index contributed by atoms with van der Waals surface area (Å²) in [6.07, 6.45) is 5.36. The quantitative estimate of drug-likeness (QED) is 0.00911. The van der Waals surface area contributed by atoms with Crippen molar-refractivity contribution in [1.29, 1.82) is 0 Å². The second kappa shape index (κ2) is 36.1. The number of aliphatic hydroxyl groups is 1. The van der Waals surface area contributed by atoms with Crippen LogP contribution in [0.15, 0.2) is 41.4 Å². The first kappa shape index (κ1) is 65.1. The smallest absolute Gasteiger partial charge is 0.354 e. The molecule has 8 atom stereocenters. The predicted molar refractivity (Wildman–Crippen MR) is 274 cm³/mol. The zero-order chi connectivity index (χ0) is 55.8. The van der Waals surface area contributed by atoms with Crippen LogP contribution in [0.25, 0.3) is 0 Å². The van der Waals surface area contributed by atoms with E-state index in [1.807, 2.05) is 0 Å². The monoisotopic (exact) mass is 1050 g/mol. The van der Waals surface area contributed by atoms with Crippen LogP contribution in [-0.2, 0) is 47.9 Å². The van der Waals surface area contributed by atoms with Crippen molar-refractivity contribution in [3.63, 3.8) is 0 Å². The van der Waals surface area contributed by atoms with Crippen LogP contribution >= 0.6 is 0 Å². The Morgan fingerprint density at radius 1 is 0.797 bits per heavy atom. The van der Waals surface area contributed by atoms with Crippen molar-refractivity contribution in [1.82, 2.24) is 47.4 Å². The van der Waals surface area contributed by atoms with Crippen molar-refractivity contribution in [2.24, 2.45) is 50.9 Å². The molecular weight excluding hydrogens is 969 g/mol. The molecule has 0 bridgehead atoms. The number of carbonyl (C=O) groups excluding carboxylic acids is 9. The minimum Gasteiger partial charge on any atom is -0.464 e. The van der Waals surface area contributed by atoms with Gasteiger partial charge in [-0.25, -0.2) is 4.79 Å². The maximum Gasteiger partial charge on any atom is 0.354 e. The molecular formula is C45H82N18O11. The molecule has 0 aliphatic carbocycles. The van der Waals surface area contributed by atoms with Crippen LogP contribution in [0.4, 0.5) is 0 Å². The molecule has 1 aliphatic heterocycles. The van der Waals surface area contributed by atoms with Gasteiger partial charge in [0.2, 0.25) is 47.3 Å². The van der Waals surface area contributed by atoms with E-state index in [1.54, 1.807) is 0 Å². The zero-order valence-electron chi connectivity index (χ0n) is 42.5. The first-order chi connectivity index (χ1) is 35.2. The standard InChI is InChI=1S/C45H82N18O11/c1-4-54-27(23-49)22-32(40(69)59-29(13-6-8-18-47)39(68)60-31(44(73)74-3)15-10-20-55-45(52)53)61-41(70)33-16-11-21-63(33)43(72)30(14-9-19-48)58-35(65)25-56-37(66)26(2)57-42(71)36(34(64)24-50)62-38(67)28(51)12-5-7-17-46/h4,15,23,26,28-30,32-34,36,54,64H,1,5-14,16-22,24-25,46-51H2,2-3H3,(H,56,66)(H,57,71)(H,58,65)(H,59,69)(H,60,68)(H,61,70)(H,62,67)(H4,52,53,55)/b27-23-,31-15-/t26-,28?,29-,30+,32-,33-,34-,36-/m0/s1. The largest absolute Gasteiger partial charge is 0.464 e. The summed E-state index contributed by atoms with van der Waals surface area (Å²) >= 11 is 0. The summed E-state index contributed by atoms with van der Waals surface area (Å²) in [5, 5.41) is 30.7. The SMILES string of the molecule is C=CN/C(=C\N)C[C@H](NC(=O)[C@@H]1CCCN1C(=O)[C@@H](CCCN)NC(=O)CNC(=O)[C@H](C)NC(=O)[C@@H](NC(=O)C(N)CCCCN)[C@@H](O)CN)C(=O)N[C@@H](CCCCN)C(=O)N/C(=C\CCN=C(N)N)C(=O)OC. The lowest BCUT2D eigenvalue weighted by Gasteiger charge is -2.30. The average molecular weight is 1050 g/mol. The van der Waals surface area contributed by atoms with Crippen LogP contribution in [-0.4, -0.2) is 171 Å². The van der Waals surface area contributed by atoms with Crippen LogP contribution < -0.4 is 88.4 Å². The minimum atomic E-state index is -1.57. The Balaban J connectivity index is 3.26. The fourth-order valence-electron chi connectivity index (χ4n) is 7.34. The molecule has 418 valence electrons. The summed E-state index contributed by atoms with van der Waals surface area (Å²) in [6.45, 7) is 4.83. The molecule has 0 aromatic rings. The third kappa shape index (κ3) is 23.7. The molecule has 8 amide bonds. The number of hydrogen-bond donors (Lipinski definition) is 17. The Bertz CT molecular complexity index is 1970. The number of unbranched alkanes of at least 4 members (excludes halogenated alkanes) is 2. The number of nitrogens with two attached hydrogens (primary N) is 8. The number of nitrogens with one attached hydrogen (secondary N) is 8. The highest BCUT2D eigenvalue weighted by Gasteiger charge is 2.40. The van der Waals surface area contributed by atoms with Crippen molar-refractivity contribution >= 4 is 59.2 Å². The number of esters is 1. The van der Waals surface area contributed by atoms with E-state index in [1.165, 1.54) is 24.1 Å². The maximum atomic E-state index is 14.2. The number of ether oxygens (including phenoxy) is 1. The number of guanidine groups is 1. The number of amides is 8. The Morgan fingerprint density at radius 3 is 2.04 bits per heavy atom. The van der Waals surface area contributed by atoms with Gasteiger partial charge in [-0.1, -0.05) is 19.1 Å². The topological polar surface area (TPSA) is 503 Å². The third-order valence-electron chi connectivity index (χ3n) is 11.4. The van der Waals surface area contributed by atoms with Crippen molar-refractivity contribution < 1.29 is 53.0 Å². The van der Waals surface area contributed by atoms with Gasteiger partial charge in [-0.2, -0.15) is 0 Å². The fraction of sp³-hybridized carbons (Fsp3) is 0.644. The molecule has 1 saturated heterocycles. The Labute approximate surface area is 431 Å². The molecule has 25 N–H and O–H groups in total. The van der Waals surface area contributed by atoms with Crippen molar-refractivity contribution in [3.8, 4) is 0 Å². The van der Waals surface area contributed by atoms with Crippen LogP contribution in [0.1, 0.15) is 84.0 Å². The summed E-state index contributed by atoms with van der Waals surface area (Å²) in [5.41, 5.74) is 45.0. The minimum absolute atomic E-state index is 0.0409. The average Bonchev–Trinajstić information content (AvgIpc) is 3.88. The second-order valence-corrected chi connectivity index (χ2v) is 17.2. The van der Waals surface area contributed by atoms with E-state index in [-0.39, 0.29) is 88.5 Å². The van der Waals surface area contributed by atoms with Gasteiger partial charge < -0.3 is 103 Å². The molecule has 74 heavy (non-hydrogen) atoms. The molecule has 1 rings (SSSR count). The number of hydrogen-bond acceptors (Lipinski definition) is 19. The predicted octanol–water partition coefficient (Wildman–Crippen LogP) is -7.06. The molecule has 0 aromatic carbocycles. The molecule has 29 nitrogen and oxygen atoms in total. The van der Waals surface area contributed by atoms with Gasteiger partial charge in [-0.3, -0.25) is 43.3 Å². The number of aliphatic imine (C=N–C) groups is 1. The second-order valence-electron chi connectivity index (χ2n) is 17.2. The fourth-order valence-corrected chi connectivity index (χ4v) is 7.34. The Hall–Kier alpha value is -6.92. The molecule has 1 aliphatic rings. The van der Waals surface area contributed by atoms with E-state index in [0.717, 1.165) is 13.3 Å². The summed E-state index contributed by atoms with van der Waals surface area (Å²) in [5.74, 6) is -7.40. The molecule has 0 spiro atoms. The van der Waals surface area contributed by atoms with Crippen LogP contribution in [0.5, 0.6) is 0 Å². The van der Waals surface area contributed by atoms with Crippen LogP contribution in [0, 0.1) is 0 Å². The van der Waals surface area contributed by atoms with Crippen molar-refractivity contribution in [2.75, 3.05) is 52.9 Å². The van der Waals surface area contributed by atoms with E-state index < -0.39 is 115 Å². The lowest BCUT2D eigenvalue weighted by molar-refractivity contribution is -0.142. The number of nitrogens with zero attached hydrogens (tertiary/aromatic N) is 2. The van der Waals surface area contributed by atoms with E-state index in [0.29, 0.717) is 38.6 Å². The lowest BCUT2D eigenvalue weighted by atomic mass is 10.0. The first-order valence-electron chi connectivity index (χ1n) is 24.5. The van der Waals surface area contributed by atoms with E-state index in [9.17, 15) is 48.3 Å². The summed E-state index contributed by atoms with van der Waals surface area (Å²) in [6, 6.07) is -8.88.